The maximum Gasteiger partial charge on any atom is 0.253 e. The Morgan fingerprint density at radius 1 is 1.00 bits per heavy atom. The first kappa shape index (κ1) is 20.0. The van der Waals surface area contributed by atoms with Crippen LogP contribution in [0.2, 0.25) is 0 Å². The number of hydrogen-bond donors (Lipinski definition) is 1. The first-order valence-corrected chi connectivity index (χ1v) is 11.4. The predicted octanol–water partition coefficient (Wildman–Crippen LogP) is 1.70. The average Bonchev–Trinajstić information content (AvgIpc) is 2.79. The monoisotopic (exact) mass is 423 g/mol. The molecular weight excluding hydrogens is 402 g/mol. The number of hydrogen-bond acceptors (Lipinski definition) is 7. The molecule has 0 atom stereocenters. The van der Waals surface area contributed by atoms with Gasteiger partial charge >= 0.3 is 0 Å². The van der Waals surface area contributed by atoms with E-state index in [9.17, 15) is 13.2 Å². The van der Waals surface area contributed by atoms with Gasteiger partial charge in [-0.25, -0.2) is 13.4 Å². The van der Waals surface area contributed by atoms with E-state index in [1.54, 1.807) is 36.9 Å². The first-order chi connectivity index (χ1) is 14.5. The van der Waals surface area contributed by atoms with Crippen LogP contribution in [0.1, 0.15) is 15.9 Å². The van der Waals surface area contributed by atoms with E-state index < -0.39 is 9.84 Å². The molecule has 1 fully saturated rings. The molecule has 1 aliphatic heterocycles. The predicted molar refractivity (Wildman–Crippen MR) is 114 cm³/mol. The molecule has 1 aliphatic rings. The molecule has 4 heterocycles. The maximum atomic E-state index is 12.4. The molecule has 1 amide bonds. The van der Waals surface area contributed by atoms with Gasteiger partial charge in [-0.3, -0.25) is 14.8 Å². The molecule has 1 N–H and O–H groups in total. The van der Waals surface area contributed by atoms with Crippen molar-refractivity contribution in [2.45, 2.75) is 6.54 Å². The topological polar surface area (TPSA) is 105 Å². The van der Waals surface area contributed by atoms with Crippen LogP contribution in [0.5, 0.6) is 0 Å². The second kappa shape index (κ2) is 8.58. The largest absolute Gasteiger partial charge is 0.355 e. The van der Waals surface area contributed by atoms with Crippen LogP contribution < -0.4 is 10.2 Å². The molecule has 30 heavy (non-hydrogen) atoms. The van der Waals surface area contributed by atoms with Crippen molar-refractivity contribution in [3.8, 4) is 11.3 Å². The second-order valence-corrected chi connectivity index (χ2v) is 9.32. The van der Waals surface area contributed by atoms with Crippen LogP contribution in [0.4, 0.5) is 5.82 Å². The van der Waals surface area contributed by atoms with Crippen molar-refractivity contribution in [3.05, 3.63) is 72.3 Å². The standard InChI is InChI=1S/C21H21N5O3S/c27-21(18-4-5-19(23-15-18)17-2-1-7-22-14-17)25-13-16-3-6-20(24-12-16)26-8-10-30(28,29)11-9-26/h1-7,12,14-15H,8-11,13H2,(H,25,27). The number of pyridine rings is 3. The van der Waals surface area contributed by atoms with Crippen molar-refractivity contribution in [2.24, 2.45) is 0 Å². The van der Waals surface area contributed by atoms with Crippen molar-refractivity contribution >= 4 is 21.6 Å². The number of carbonyl (C=O) groups is 1. The molecule has 0 aromatic carbocycles. The van der Waals surface area contributed by atoms with Crippen molar-refractivity contribution in [1.29, 1.82) is 0 Å². The number of nitrogens with zero attached hydrogens (tertiary/aromatic N) is 4. The van der Waals surface area contributed by atoms with Crippen LogP contribution >= 0.6 is 0 Å². The lowest BCUT2D eigenvalue weighted by atomic mass is 10.1. The zero-order valence-electron chi connectivity index (χ0n) is 16.2. The number of sulfone groups is 1. The Hall–Kier alpha value is -3.33. The number of nitrogens with one attached hydrogen (secondary N) is 1. The molecule has 4 rings (SSSR count). The Balaban J connectivity index is 1.33. The van der Waals surface area contributed by atoms with Crippen LogP contribution in [0.3, 0.4) is 0 Å². The molecule has 3 aromatic rings. The quantitative estimate of drug-likeness (QED) is 0.666. The molecule has 3 aromatic heterocycles. The van der Waals surface area contributed by atoms with E-state index in [-0.39, 0.29) is 17.4 Å². The summed E-state index contributed by atoms with van der Waals surface area (Å²) >= 11 is 0. The van der Waals surface area contributed by atoms with Gasteiger partial charge in [0.15, 0.2) is 9.84 Å². The van der Waals surface area contributed by atoms with Gasteiger partial charge in [0.1, 0.15) is 5.82 Å². The zero-order chi connectivity index (χ0) is 21.0. The van der Waals surface area contributed by atoms with E-state index in [2.05, 4.69) is 20.3 Å². The minimum atomic E-state index is -2.92. The van der Waals surface area contributed by atoms with Crippen molar-refractivity contribution in [2.75, 3.05) is 29.5 Å². The summed E-state index contributed by atoms with van der Waals surface area (Å²) in [6.07, 6.45) is 6.66. The Labute approximate surface area is 174 Å². The molecule has 0 radical (unpaired) electrons. The second-order valence-electron chi connectivity index (χ2n) is 7.02. The minimum absolute atomic E-state index is 0.153. The molecule has 0 unspecified atom stereocenters. The third kappa shape index (κ3) is 4.80. The van der Waals surface area contributed by atoms with Crippen molar-refractivity contribution in [3.63, 3.8) is 0 Å². The SMILES string of the molecule is O=C(NCc1ccc(N2CCS(=O)(=O)CC2)nc1)c1ccc(-c2cccnc2)nc1. The van der Waals surface area contributed by atoms with E-state index in [0.717, 1.165) is 22.6 Å². The summed E-state index contributed by atoms with van der Waals surface area (Å²) in [4.78, 5) is 27.2. The summed E-state index contributed by atoms with van der Waals surface area (Å²) in [5.41, 5.74) is 2.98. The lowest BCUT2D eigenvalue weighted by Crippen LogP contribution is -2.40. The highest BCUT2D eigenvalue weighted by Gasteiger charge is 2.22. The fourth-order valence-corrected chi connectivity index (χ4v) is 4.35. The first-order valence-electron chi connectivity index (χ1n) is 9.55. The van der Waals surface area contributed by atoms with Gasteiger partial charge in [0.05, 0.1) is 22.8 Å². The molecule has 0 aliphatic carbocycles. The number of carbonyl (C=O) groups excluding carboxylic acids is 1. The Morgan fingerprint density at radius 3 is 2.47 bits per heavy atom. The highest BCUT2D eigenvalue weighted by Crippen LogP contribution is 2.16. The van der Waals surface area contributed by atoms with Crippen LogP contribution in [0.25, 0.3) is 11.3 Å². The molecule has 0 bridgehead atoms. The van der Waals surface area contributed by atoms with Crippen LogP contribution in [-0.4, -0.2) is 53.9 Å². The third-order valence-electron chi connectivity index (χ3n) is 4.91. The molecule has 154 valence electrons. The number of rotatable bonds is 5. The zero-order valence-corrected chi connectivity index (χ0v) is 17.0. The lowest BCUT2D eigenvalue weighted by molar-refractivity contribution is 0.0950. The number of aromatic nitrogens is 3. The highest BCUT2D eigenvalue weighted by atomic mass is 32.2. The normalized spacial score (nSPS) is 15.5. The van der Waals surface area contributed by atoms with Crippen LogP contribution in [0.15, 0.2) is 61.2 Å². The molecule has 1 saturated heterocycles. The van der Waals surface area contributed by atoms with Crippen molar-refractivity contribution < 1.29 is 13.2 Å². The smallest absolute Gasteiger partial charge is 0.253 e. The van der Waals surface area contributed by atoms with Gasteiger partial charge in [-0.1, -0.05) is 6.07 Å². The van der Waals surface area contributed by atoms with Gasteiger partial charge in [-0.05, 0) is 35.9 Å². The van der Waals surface area contributed by atoms with E-state index >= 15 is 0 Å². The highest BCUT2D eigenvalue weighted by molar-refractivity contribution is 7.91. The third-order valence-corrected chi connectivity index (χ3v) is 6.52. The summed E-state index contributed by atoms with van der Waals surface area (Å²) in [7, 11) is -2.92. The van der Waals surface area contributed by atoms with Gasteiger partial charge in [0.2, 0.25) is 0 Å². The van der Waals surface area contributed by atoms with Crippen LogP contribution in [-0.2, 0) is 16.4 Å². The van der Waals surface area contributed by atoms with E-state index in [1.807, 2.05) is 29.2 Å². The fourth-order valence-electron chi connectivity index (χ4n) is 3.15. The summed E-state index contributed by atoms with van der Waals surface area (Å²) in [6.45, 7) is 1.24. The maximum absolute atomic E-state index is 12.4. The van der Waals surface area contributed by atoms with E-state index in [1.165, 1.54) is 0 Å². The lowest BCUT2D eigenvalue weighted by Gasteiger charge is -2.27. The fraction of sp³-hybridized carbons (Fsp3) is 0.238. The summed E-state index contributed by atoms with van der Waals surface area (Å²) in [5.74, 6) is 0.834. The molecule has 8 nitrogen and oxygen atoms in total. The van der Waals surface area contributed by atoms with E-state index in [0.29, 0.717) is 25.2 Å². The van der Waals surface area contributed by atoms with E-state index in [4.69, 9.17) is 0 Å². The van der Waals surface area contributed by atoms with Crippen LogP contribution in [0, 0.1) is 0 Å². The number of amides is 1. The number of anilines is 1. The van der Waals surface area contributed by atoms with Gasteiger partial charge in [-0.15, -0.1) is 0 Å². The van der Waals surface area contributed by atoms with Gasteiger partial charge < -0.3 is 10.2 Å². The summed E-state index contributed by atoms with van der Waals surface area (Å²) in [5, 5.41) is 2.86. The minimum Gasteiger partial charge on any atom is -0.355 e. The summed E-state index contributed by atoms with van der Waals surface area (Å²) in [6, 6.07) is 11.0. The molecule has 0 saturated carbocycles. The van der Waals surface area contributed by atoms with Gasteiger partial charge in [0.25, 0.3) is 5.91 Å². The molecular formula is C21H21N5O3S. The summed E-state index contributed by atoms with van der Waals surface area (Å²) < 4.78 is 23.1. The van der Waals surface area contributed by atoms with Gasteiger partial charge in [-0.2, -0.15) is 0 Å². The Kier molecular flexibility index (Phi) is 5.71. The van der Waals surface area contributed by atoms with Crippen molar-refractivity contribution in [1.82, 2.24) is 20.3 Å². The van der Waals surface area contributed by atoms with Gasteiger partial charge in [0, 0.05) is 50.0 Å². The molecule has 9 heteroatoms. The average molecular weight is 423 g/mol. The Morgan fingerprint density at radius 2 is 1.83 bits per heavy atom. The Bertz CT molecular complexity index is 1100. The molecule has 0 spiro atoms.